The molecule has 4 heteroatoms. The predicted octanol–water partition coefficient (Wildman–Crippen LogP) is 4.89. The Balaban J connectivity index is 1.90. The molecule has 2 aromatic carbocycles. The first-order chi connectivity index (χ1) is 10.7. The molecule has 0 saturated carbocycles. The van der Waals surface area contributed by atoms with Crippen LogP contribution in [0.1, 0.15) is 18.9 Å². The van der Waals surface area contributed by atoms with E-state index in [2.05, 4.69) is 28.2 Å². The molecule has 2 aromatic rings. The van der Waals surface area contributed by atoms with Gasteiger partial charge in [-0.2, -0.15) is 0 Å². The van der Waals surface area contributed by atoms with E-state index in [0.717, 1.165) is 27.9 Å². The average molecular weight is 360 g/mol. The Labute approximate surface area is 139 Å². The summed E-state index contributed by atoms with van der Waals surface area (Å²) in [5, 5.41) is 2.81. The van der Waals surface area contributed by atoms with E-state index >= 15 is 0 Å². The number of rotatable bonds is 6. The van der Waals surface area contributed by atoms with Crippen LogP contribution in [0.15, 0.2) is 59.1 Å². The number of halogens is 1. The fourth-order valence-electron chi connectivity index (χ4n) is 1.78. The maximum absolute atomic E-state index is 11.8. The van der Waals surface area contributed by atoms with Crippen molar-refractivity contribution >= 4 is 33.6 Å². The Kier molecular flexibility index (Phi) is 6.22. The lowest BCUT2D eigenvalue weighted by Gasteiger charge is -2.04. The third kappa shape index (κ3) is 5.37. The first-order valence-corrected chi connectivity index (χ1v) is 7.94. The number of carbonyl (C=O) groups is 1. The van der Waals surface area contributed by atoms with Gasteiger partial charge in [-0.15, -0.1) is 0 Å². The quantitative estimate of drug-likeness (QED) is 0.745. The van der Waals surface area contributed by atoms with E-state index in [1.807, 2.05) is 48.5 Å². The molecule has 114 valence electrons. The summed E-state index contributed by atoms with van der Waals surface area (Å²) in [5.74, 6) is 0.687. The fraction of sp³-hybridized carbons (Fsp3) is 0.167. The molecule has 0 radical (unpaired) electrons. The summed E-state index contributed by atoms with van der Waals surface area (Å²) in [6, 6.07) is 15.1. The molecule has 2 rings (SSSR count). The highest BCUT2D eigenvalue weighted by Gasteiger charge is 1.98. The maximum atomic E-state index is 11.8. The van der Waals surface area contributed by atoms with Gasteiger partial charge in [0.15, 0.2) is 0 Å². The van der Waals surface area contributed by atoms with Crippen LogP contribution in [0.3, 0.4) is 0 Å². The highest BCUT2D eigenvalue weighted by molar-refractivity contribution is 9.10. The highest BCUT2D eigenvalue weighted by Crippen LogP contribution is 2.15. The van der Waals surface area contributed by atoms with Crippen LogP contribution in [-0.4, -0.2) is 12.5 Å². The summed E-state index contributed by atoms with van der Waals surface area (Å²) in [6.45, 7) is 2.78. The molecule has 3 nitrogen and oxygen atoms in total. The van der Waals surface area contributed by atoms with E-state index in [9.17, 15) is 4.79 Å². The van der Waals surface area contributed by atoms with Crippen molar-refractivity contribution in [3.8, 4) is 5.75 Å². The molecule has 0 bridgehead atoms. The normalized spacial score (nSPS) is 10.6. The van der Waals surface area contributed by atoms with Crippen LogP contribution in [0.2, 0.25) is 0 Å². The van der Waals surface area contributed by atoms with Crippen LogP contribution in [-0.2, 0) is 4.79 Å². The van der Waals surface area contributed by atoms with Crippen molar-refractivity contribution in [2.24, 2.45) is 0 Å². The van der Waals surface area contributed by atoms with Crippen molar-refractivity contribution in [3.63, 3.8) is 0 Å². The minimum absolute atomic E-state index is 0.159. The zero-order chi connectivity index (χ0) is 15.8. The molecule has 1 amide bonds. The lowest BCUT2D eigenvalue weighted by Crippen LogP contribution is -2.07. The molecule has 0 atom stereocenters. The first kappa shape index (κ1) is 16.3. The summed E-state index contributed by atoms with van der Waals surface area (Å²) < 4.78 is 6.50. The van der Waals surface area contributed by atoms with Gasteiger partial charge in [0.1, 0.15) is 5.75 Å². The van der Waals surface area contributed by atoms with E-state index in [4.69, 9.17) is 4.74 Å². The number of benzene rings is 2. The zero-order valence-corrected chi connectivity index (χ0v) is 14.0. The standard InChI is InChI=1S/C18H18BrNO2/c1-2-13-22-17-10-3-14(4-11-17)5-12-18(21)20-16-8-6-15(19)7-9-16/h3-12H,2,13H2,1H3,(H,20,21). The monoisotopic (exact) mass is 359 g/mol. The second-order valence-corrected chi connectivity index (χ2v) is 5.66. The first-order valence-electron chi connectivity index (χ1n) is 7.15. The summed E-state index contributed by atoms with van der Waals surface area (Å²) in [7, 11) is 0. The van der Waals surface area contributed by atoms with Crippen molar-refractivity contribution in [3.05, 3.63) is 64.6 Å². The van der Waals surface area contributed by atoms with Gasteiger partial charge in [-0.3, -0.25) is 4.79 Å². The Morgan fingerprint density at radius 3 is 2.45 bits per heavy atom. The van der Waals surface area contributed by atoms with Crippen LogP contribution in [0, 0.1) is 0 Å². The zero-order valence-electron chi connectivity index (χ0n) is 12.4. The van der Waals surface area contributed by atoms with Crippen LogP contribution in [0.5, 0.6) is 5.75 Å². The number of hydrogen-bond acceptors (Lipinski definition) is 2. The van der Waals surface area contributed by atoms with Crippen LogP contribution >= 0.6 is 15.9 Å². The van der Waals surface area contributed by atoms with Crippen LogP contribution < -0.4 is 10.1 Å². The van der Waals surface area contributed by atoms with Gasteiger partial charge in [0.05, 0.1) is 6.61 Å². The molecule has 1 N–H and O–H groups in total. The number of anilines is 1. The van der Waals surface area contributed by atoms with Gasteiger partial charge in [-0.05, 0) is 54.5 Å². The minimum Gasteiger partial charge on any atom is -0.494 e. The Hall–Kier alpha value is -2.07. The SMILES string of the molecule is CCCOc1ccc(C=CC(=O)Nc2ccc(Br)cc2)cc1. The topological polar surface area (TPSA) is 38.3 Å². The van der Waals surface area contributed by atoms with Gasteiger partial charge >= 0.3 is 0 Å². The molecule has 0 unspecified atom stereocenters. The summed E-state index contributed by atoms with van der Waals surface area (Å²) in [6.07, 6.45) is 4.28. The average Bonchev–Trinajstić information content (AvgIpc) is 2.54. The van der Waals surface area contributed by atoms with Crippen molar-refractivity contribution in [2.45, 2.75) is 13.3 Å². The molecular formula is C18H18BrNO2. The lowest BCUT2D eigenvalue weighted by atomic mass is 10.2. The lowest BCUT2D eigenvalue weighted by molar-refractivity contribution is -0.111. The largest absolute Gasteiger partial charge is 0.494 e. The Morgan fingerprint density at radius 1 is 1.14 bits per heavy atom. The molecule has 22 heavy (non-hydrogen) atoms. The number of carbonyl (C=O) groups excluding carboxylic acids is 1. The van der Waals surface area contributed by atoms with Crippen molar-refractivity contribution in [1.29, 1.82) is 0 Å². The number of hydrogen-bond donors (Lipinski definition) is 1. The molecule has 0 aliphatic carbocycles. The van der Waals surface area contributed by atoms with E-state index < -0.39 is 0 Å². The summed E-state index contributed by atoms with van der Waals surface area (Å²) in [5.41, 5.74) is 1.72. The Morgan fingerprint density at radius 2 is 1.82 bits per heavy atom. The smallest absolute Gasteiger partial charge is 0.248 e. The molecule has 0 aromatic heterocycles. The van der Waals surface area contributed by atoms with Gasteiger partial charge in [0.25, 0.3) is 0 Å². The van der Waals surface area contributed by atoms with Gasteiger partial charge in [-0.25, -0.2) is 0 Å². The fourth-order valence-corrected chi connectivity index (χ4v) is 2.05. The van der Waals surface area contributed by atoms with Crippen molar-refractivity contribution < 1.29 is 9.53 Å². The number of nitrogens with one attached hydrogen (secondary N) is 1. The molecule has 0 aliphatic rings. The van der Waals surface area contributed by atoms with Crippen molar-refractivity contribution in [1.82, 2.24) is 0 Å². The summed E-state index contributed by atoms with van der Waals surface area (Å²) in [4.78, 5) is 11.8. The van der Waals surface area contributed by atoms with E-state index in [1.54, 1.807) is 6.08 Å². The number of ether oxygens (including phenoxy) is 1. The third-order valence-electron chi connectivity index (χ3n) is 2.89. The van der Waals surface area contributed by atoms with Gasteiger partial charge in [0.2, 0.25) is 5.91 Å². The van der Waals surface area contributed by atoms with Crippen molar-refractivity contribution in [2.75, 3.05) is 11.9 Å². The minimum atomic E-state index is -0.159. The molecule has 0 fully saturated rings. The maximum Gasteiger partial charge on any atom is 0.248 e. The molecule has 0 heterocycles. The Bertz CT molecular complexity index is 633. The second-order valence-electron chi connectivity index (χ2n) is 4.75. The van der Waals surface area contributed by atoms with E-state index in [0.29, 0.717) is 6.61 Å². The third-order valence-corrected chi connectivity index (χ3v) is 3.42. The summed E-state index contributed by atoms with van der Waals surface area (Å²) >= 11 is 3.36. The van der Waals surface area contributed by atoms with Crippen LogP contribution in [0.25, 0.3) is 6.08 Å². The number of amides is 1. The molecule has 0 spiro atoms. The van der Waals surface area contributed by atoms with Gasteiger partial charge in [0, 0.05) is 16.2 Å². The van der Waals surface area contributed by atoms with E-state index in [-0.39, 0.29) is 5.91 Å². The molecule has 0 saturated heterocycles. The molecular weight excluding hydrogens is 342 g/mol. The predicted molar refractivity (Wildman–Crippen MR) is 94.0 cm³/mol. The van der Waals surface area contributed by atoms with Crippen LogP contribution in [0.4, 0.5) is 5.69 Å². The highest BCUT2D eigenvalue weighted by atomic mass is 79.9. The van der Waals surface area contributed by atoms with E-state index in [1.165, 1.54) is 6.08 Å². The molecule has 0 aliphatic heterocycles. The second kappa shape index (κ2) is 8.39. The van der Waals surface area contributed by atoms with Gasteiger partial charge in [-0.1, -0.05) is 35.0 Å². The van der Waals surface area contributed by atoms with Gasteiger partial charge < -0.3 is 10.1 Å².